The van der Waals surface area contributed by atoms with Crippen molar-refractivity contribution >= 4 is 5.97 Å². The number of likely N-dealkylation sites (tertiary alicyclic amines) is 1. The van der Waals surface area contributed by atoms with Gasteiger partial charge in [0, 0.05) is 12.2 Å². The summed E-state index contributed by atoms with van der Waals surface area (Å²) >= 11 is 0. The molecule has 1 N–H and O–H groups in total. The Morgan fingerprint density at radius 2 is 2.44 bits per heavy atom. The monoisotopic (exact) mass is 220 g/mol. The van der Waals surface area contributed by atoms with E-state index in [4.69, 9.17) is 5.11 Å². The molecule has 1 aliphatic rings. The zero-order chi connectivity index (χ0) is 11.5. The van der Waals surface area contributed by atoms with Crippen LogP contribution in [0.2, 0.25) is 0 Å². The van der Waals surface area contributed by atoms with E-state index in [1.165, 1.54) is 0 Å². The molecule has 86 valence electrons. The van der Waals surface area contributed by atoms with Crippen molar-refractivity contribution in [2.75, 3.05) is 6.54 Å². The van der Waals surface area contributed by atoms with Crippen molar-refractivity contribution in [1.82, 2.24) is 9.88 Å². The summed E-state index contributed by atoms with van der Waals surface area (Å²) in [4.78, 5) is 17.4. The molecule has 0 saturated carbocycles. The molecule has 0 aromatic carbocycles. The lowest BCUT2D eigenvalue weighted by Crippen LogP contribution is -2.35. The average molecular weight is 220 g/mol. The predicted octanol–water partition coefficient (Wildman–Crippen LogP) is 1.44. The smallest absolute Gasteiger partial charge is 0.320 e. The molecule has 0 spiro atoms. The minimum atomic E-state index is -0.717. The summed E-state index contributed by atoms with van der Waals surface area (Å²) in [5, 5.41) is 9.05. The van der Waals surface area contributed by atoms with Gasteiger partial charge in [0.15, 0.2) is 0 Å². The fourth-order valence-electron chi connectivity index (χ4n) is 2.19. The van der Waals surface area contributed by atoms with Gasteiger partial charge in [-0.05, 0) is 38.4 Å². The van der Waals surface area contributed by atoms with E-state index >= 15 is 0 Å². The Morgan fingerprint density at radius 3 is 3.12 bits per heavy atom. The highest BCUT2D eigenvalue weighted by Gasteiger charge is 2.30. The number of pyridine rings is 1. The number of aromatic nitrogens is 1. The predicted molar refractivity (Wildman–Crippen MR) is 60.0 cm³/mol. The lowest BCUT2D eigenvalue weighted by molar-refractivity contribution is -0.142. The first kappa shape index (κ1) is 11.1. The molecule has 0 amide bonds. The van der Waals surface area contributed by atoms with Crippen LogP contribution in [0, 0.1) is 6.92 Å². The van der Waals surface area contributed by atoms with Crippen molar-refractivity contribution in [2.24, 2.45) is 0 Å². The fraction of sp³-hybridized carbons (Fsp3) is 0.500. The molecule has 4 heteroatoms. The summed E-state index contributed by atoms with van der Waals surface area (Å²) < 4.78 is 0. The van der Waals surface area contributed by atoms with Gasteiger partial charge >= 0.3 is 5.97 Å². The Morgan fingerprint density at radius 1 is 1.62 bits per heavy atom. The zero-order valence-electron chi connectivity index (χ0n) is 9.39. The average Bonchev–Trinajstić information content (AvgIpc) is 2.66. The topological polar surface area (TPSA) is 53.4 Å². The van der Waals surface area contributed by atoms with Gasteiger partial charge in [-0.2, -0.15) is 0 Å². The van der Waals surface area contributed by atoms with E-state index in [1.807, 2.05) is 30.0 Å². The van der Waals surface area contributed by atoms with Gasteiger partial charge in [-0.1, -0.05) is 6.07 Å². The van der Waals surface area contributed by atoms with E-state index < -0.39 is 5.97 Å². The van der Waals surface area contributed by atoms with Crippen LogP contribution in [0.25, 0.3) is 0 Å². The molecular weight excluding hydrogens is 204 g/mol. The van der Waals surface area contributed by atoms with Crippen LogP contribution in [0.1, 0.15) is 24.2 Å². The SMILES string of the molecule is Cc1cccc(CN2CCCC2C(=O)O)n1. The van der Waals surface area contributed by atoms with Gasteiger partial charge in [0.2, 0.25) is 0 Å². The molecule has 2 heterocycles. The van der Waals surface area contributed by atoms with Crippen molar-refractivity contribution in [3.63, 3.8) is 0 Å². The highest BCUT2D eigenvalue weighted by atomic mass is 16.4. The second-order valence-corrected chi connectivity index (χ2v) is 4.24. The molecule has 1 unspecified atom stereocenters. The van der Waals surface area contributed by atoms with E-state index in [-0.39, 0.29) is 6.04 Å². The van der Waals surface area contributed by atoms with Crippen LogP contribution < -0.4 is 0 Å². The maximum absolute atomic E-state index is 11.0. The third kappa shape index (κ3) is 2.39. The number of aryl methyl sites for hydroxylation is 1. The van der Waals surface area contributed by atoms with E-state index in [0.717, 1.165) is 30.8 Å². The number of hydrogen-bond donors (Lipinski definition) is 1. The molecule has 1 aromatic rings. The number of aliphatic carboxylic acids is 1. The third-order valence-electron chi connectivity index (χ3n) is 2.96. The molecule has 16 heavy (non-hydrogen) atoms. The van der Waals surface area contributed by atoms with E-state index in [2.05, 4.69) is 4.98 Å². The standard InChI is InChI=1S/C12H16N2O2/c1-9-4-2-5-10(13-9)8-14-7-3-6-11(14)12(15)16/h2,4-5,11H,3,6-8H2,1H3,(H,15,16). The second kappa shape index (κ2) is 4.61. The van der Waals surface area contributed by atoms with Gasteiger partial charge < -0.3 is 5.11 Å². The number of carboxylic acid groups (broad SMARTS) is 1. The molecule has 1 aromatic heterocycles. The number of carboxylic acids is 1. The normalized spacial score (nSPS) is 21.2. The number of nitrogens with zero attached hydrogens (tertiary/aromatic N) is 2. The first-order chi connectivity index (χ1) is 7.66. The summed E-state index contributed by atoms with van der Waals surface area (Å²) in [6.45, 7) is 3.44. The second-order valence-electron chi connectivity index (χ2n) is 4.24. The van der Waals surface area contributed by atoms with Crippen LogP contribution in [-0.2, 0) is 11.3 Å². The Balaban J connectivity index is 2.06. The van der Waals surface area contributed by atoms with Crippen LogP contribution in [0.15, 0.2) is 18.2 Å². The van der Waals surface area contributed by atoms with Crippen LogP contribution in [0.5, 0.6) is 0 Å². The Kier molecular flexibility index (Phi) is 3.19. The van der Waals surface area contributed by atoms with E-state index in [0.29, 0.717) is 6.54 Å². The van der Waals surface area contributed by atoms with Crippen molar-refractivity contribution in [2.45, 2.75) is 32.4 Å². The summed E-state index contributed by atoms with van der Waals surface area (Å²) in [5.74, 6) is -0.717. The minimum Gasteiger partial charge on any atom is -0.480 e. The highest BCUT2D eigenvalue weighted by molar-refractivity contribution is 5.73. The maximum atomic E-state index is 11.0. The first-order valence-corrected chi connectivity index (χ1v) is 5.56. The molecule has 1 saturated heterocycles. The zero-order valence-corrected chi connectivity index (χ0v) is 9.39. The van der Waals surface area contributed by atoms with E-state index in [9.17, 15) is 4.79 Å². The van der Waals surface area contributed by atoms with Crippen LogP contribution in [-0.4, -0.2) is 33.5 Å². The molecule has 0 aliphatic carbocycles. The quantitative estimate of drug-likeness (QED) is 0.837. The van der Waals surface area contributed by atoms with Crippen molar-refractivity contribution in [1.29, 1.82) is 0 Å². The van der Waals surface area contributed by atoms with Crippen molar-refractivity contribution < 1.29 is 9.90 Å². The molecule has 0 radical (unpaired) electrons. The Hall–Kier alpha value is -1.42. The lowest BCUT2D eigenvalue weighted by atomic mass is 10.2. The van der Waals surface area contributed by atoms with Gasteiger partial charge in [0.05, 0.1) is 5.69 Å². The Labute approximate surface area is 94.9 Å². The summed E-state index contributed by atoms with van der Waals surface area (Å²) in [6, 6.07) is 5.53. The molecule has 1 aliphatic heterocycles. The molecule has 0 bridgehead atoms. The lowest BCUT2D eigenvalue weighted by Gasteiger charge is -2.20. The summed E-state index contributed by atoms with van der Waals surface area (Å²) in [7, 11) is 0. The summed E-state index contributed by atoms with van der Waals surface area (Å²) in [5.41, 5.74) is 1.93. The van der Waals surface area contributed by atoms with Crippen LogP contribution >= 0.6 is 0 Å². The number of carbonyl (C=O) groups is 1. The minimum absolute atomic E-state index is 0.331. The van der Waals surface area contributed by atoms with Crippen molar-refractivity contribution in [3.8, 4) is 0 Å². The molecule has 1 fully saturated rings. The van der Waals surface area contributed by atoms with Gasteiger partial charge in [-0.25, -0.2) is 0 Å². The van der Waals surface area contributed by atoms with E-state index in [1.54, 1.807) is 0 Å². The number of rotatable bonds is 3. The Bertz CT molecular complexity index is 392. The molecule has 1 atom stereocenters. The van der Waals surface area contributed by atoms with Gasteiger partial charge in [-0.3, -0.25) is 14.7 Å². The van der Waals surface area contributed by atoms with Crippen LogP contribution in [0.4, 0.5) is 0 Å². The fourth-order valence-corrected chi connectivity index (χ4v) is 2.19. The van der Waals surface area contributed by atoms with Gasteiger partial charge in [-0.15, -0.1) is 0 Å². The summed E-state index contributed by atoms with van der Waals surface area (Å²) in [6.07, 6.45) is 1.71. The molecule has 4 nitrogen and oxygen atoms in total. The maximum Gasteiger partial charge on any atom is 0.320 e. The van der Waals surface area contributed by atoms with Crippen LogP contribution in [0.3, 0.4) is 0 Å². The highest BCUT2D eigenvalue weighted by Crippen LogP contribution is 2.19. The first-order valence-electron chi connectivity index (χ1n) is 5.56. The molecule has 2 rings (SSSR count). The van der Waals surface area contributed by atoms with Gasteiger partial charge in [0.1, 0.15) is 6.04 Å². The largest absolute Gasteiger partial charge is 0.480 e. The third-order valence-corrected chi connectivity index (χ3v) is 2.96. The number of hydrogen-bond acceptors (Lipinski definition) is 3. The van der Waals surface area contributed by atoms with Crippen molar-refractivity contribution in [3.05, 3.63) is 29.6 Å². The molecular formula is C12H16N2O2. The van der Waals surface area contributed by atoms with Gasteiger partial charge in [0.25, 0.3) is 0 Å².